The van der Waals surface area contributed by atoms with Crippen LogP contribution >= 0.6 is 11.3 Å². The number of carbonyl (C=O) groups is 1. The summed E-state index contributed by atoms with van der Waals surface area (Å²) in [4.78, 5) is 19.9. The smallest absolute Gasteiger partial charge is 0.187 e. The maximum Gasteiger partial charge on any atom is 0.187 e. The summed E-state index contributed by atoms with van der Waals surface area (Å²) in [5.74, 6) is -1.14. The number of carbonyl (C=O) groups excluding carboxylic acids is 1. The molecule has 0 radical (unpaired) electrons. The lowest BCUT2D eigenvalue weighted by Gasteiger charge is -2.29. The van der Waals surface area contributed by atoms with E-state index in [9.17, 15) is 9.90 Å². The second-order valence-electron chi connectivity index (χ2n) is 8.46. The van der Waals surface area contributed by atoms with Gasteiger partial charge in [-0.25, -0.2) is 4.98 Å². The molecule has 4 nitrogen and oxygen atoms in total. The van der Waals surface area contributed by atoms with E-state index < -0.39 is 5.97 Å². The third-order valence-corrected chi connectivity index (χ3v) is 7.39. The summed E-state index contributed by atoms with van der Waals surface area (Å²) in [5, 5.41) is 12.2. The molecule has 0 amide bonds. The average molecular weight is 454 g/mol. The number of carboxylic acids is 1. The van der Waals surface area contributed by atoms with Gasteiger partial charge in [0.1, 0.15) is 0 Å². The summed E-state index contributed by atoms with van der Waals surface area (Å²) in [6.45, 7) is 0.702. The fourth-order valence-corrected chi connectivity index (χ4v) is 5.68. The molecule has 0 aliphatic heterocycles. The van der Waals surface area contributed by atoms with Crippen LogP contribution in [-0.2, 0) is 6.54 Å². The molecule has 0 N–H and O–H groups in total. The summed E-state index contributed by atoms with van der Waals surface area (Å²) in [7, 11) is 0. The van der Waals surface area contributed by atoms with Gasteiger partial charge in [0.2, 0.25) is 0 Å². The summed E-state index contributed by atoms with van der Waals surface area (Å²) in [6, 6.07) is 28.3. The molecule has 3 aromatic carbocycles. The lowest BCUT2D eigenvalue weighted by Crippen LogP contribution is -2.32. The van der Waals surface area contributed by atoms with E-state index >= 15 is 0 Å². The van der Waals surface area contributed by atoms with E-state index in [-0.39, 0.29) is 5.56 Å². The van der Waals surface area contributed by atoms with Crippen molar-refractivity contribution in [2.75, 3.05) is 4.90 Å². The van der Waals surface area contributed by atoms with Crippen LogP contribution in [0.2, 0.25) is 0 Å². The SMILES string of the molecule is O=C([O-])c1ccc(CN(c2nc(-c3ccccc3)c(-c3ccccc3)s2)C2CCCC2)cc1. The summed E-state index contributed by atoms with van der Waals surface area (Å²) in [6.07, 6.45) is 4.76. The second-order valence-corrected chi connectivity index (χ2v) is 9.43. The minimum absolute atomic E-state index is 0.207. The van der Waals surface area contributed by atoms with Gasteiger partial charge < -0.3 is 14.8 Å². The number of benzene rings is 3. The zero-order valence-corrected chi connectivity index (χ0v) is 19.1. The minimum atomic E-state index is -1.14. The average Bonchev–Trinajstić information content (AvgIpc) is 3.55. The summed E-state index contributed by atoms with van der Waals surface area (Å²) >= 11 is 1.74. The molecule has 1 aliphatic rings. The van der Waals surface area contributed by atoms with Gasteiger partial charge in [-0.1, -0.05) is 109 Å². The largest absolute Gasteiger partial charge is 0.545 e. The van der Waals surface area contributed by atoms with Crippen molar-refractivity contribution < 1.29 is 9.90 Å². The van der Waals surface area contributed by atoms with Gasteiger partial charge in [-0.05, 0) is 29.5 Å². The Morgan fingerprint density at radius 3 is 2.09 bits per heavy atom. The molecule has 4 aromatic rings. The fraction of sp³-hybridized carbons (Fsp3) is 0.214. The van der Waals surface area contributed by atoms with Crippen LogP contribution in [0.4, 0.5) is 5.13 Å². The quantitative estimate of drug-likeness (QED) is 0.355. The molecule has 5 heteroatoms. The molecule has 1 heterocycles. The van der Waals surface area contributed by atoms with Crippen LogP contribution in [0.15, 0.2) is 84.9 Å². The fourth-order valence-electron chi connectivity index (χ4n) is 4.52. The molecule has 1 aliphatic carbocycles. The molecule has 5 rings (SSSR count). The van der Waals surface area contributed by atoms with Crippen LogP contribution in [0.1, 0.15) is 41.6 Å². The molecule has 0 unspecified atom stereocenters. The molecule has 1 saturated carbocycles. The Hall–Kier alpha value is -3.44. The molecule has 0 spiro atoms. The number of anilines is 1. The number of hydrogen-bond donors (Lipinski definition) is 0. The Morgan fingerprint density at radius 1 is 0.879 bits per heavy atom. The number of hydrogen-bond acceptors (Lipinski definition) is 5. The van der Waals surface area contributed by atoms with E-state index in [2.05, 4.69) is 53.4 Å². The highest BCUT2D eigenvalue weighted by atomic mass is 32.1. The lowest BCUT2D eigenvalue weighted by molar-refractivity contribution is -0.255. The number of carboxylic acid groups (broad SMARTS) is 1. The van der Waals surface area contributed by atoms with Crippen molar-refractivity contribution >= 4 is 22.4 Å². The predicted octanol–water partition coefficient (Wildman–Crippen LogP) is 5.79. The van der Waals surface area contributed by atoms with E-state index in [1.165, 1.54) is 23.3 Å². The van der Waals surface area contributed by atoms with Crippen molar-refractivity contribution in [3.05, 3.63) is 96.1 Å². The highest BCUT2D eigenvalue weighted by Gasteiger charge is 2.27. The zero-order chi connectivity index (χ0) is 22.6. The number of thiazole rings is 1. The second kappa shape index (κ2) is 9.59. The van der Waals surface area contributed by atoms with Crippen LogP contribution in [0.3, 0.4) is 0 Å². The first kappa shape index (κ1) is 21.4. The molecular formula is C28H25N2O2S-. The standard InChI is InChI=1S/C28H26N2O2S/c31-27(32)23-17-15-20(16-18-23)19-30(24-13-7-8-14-24)28-29-25(21-9-3-1-4-10-21)26(33-28)22-11-5-2-6-12-22/h1-6,9-12,15-18,24H,7-8,13-14,19H2,(H,31,32)/p-1. The third-order valence-electron chi connectivity index (χ3n) is 6.25. The van der Waals surface area contributed by atoms with Crippen molar-refractivity contribution in [3.8, 4) is 21.7 Å². The van der Waals surface area contributed by atoms with Crippen molar-refractivity contribution in [3.63, 3.8) is 0 Å². The van der Waals surface area contributed by atoms with Gasteiger partial charge in [0.25, 0.3) is 0 Å². The maximum atomic E-state index is 11.1. The Morgan fingerprint density at radius 2 is 1.48 bits per heavy atom. The van der Waals surface area contributed by atoms with Gasteiger partial charge in [0.05, 0.1) is 16.5 Å². The lowest BCUT2D eigenvalue weighted by atomic mass is 10.1. The van der Waals surface area contributed by atoms with Crippen LogP contribution in [0, 0.1) is 0 Å². The summed E-state index contributed by atoms with van der Waals surface area (Å²) < 4.78 is 0. The molecule has 166 valence electrons. The number of nitrogens with zero attached hydrogens (tertiary/aromatic N) is 2. The molecular weight excluding hydrogens is 428 g/mol. The summed E-state index contributed by atoms with van der Waals surface area (Å²) in [5.41, 5.74) is 4.58. The minimum Gasteiger partial charge on any atom is -0.545 e. The van der Waals surface area contributed by atoms with Crippen molar-refractivity contribution in [1.82, 2.24) is 4.98 Å². The Kier molecular flexibility index (Phi) is 6.22. The van der Waals surface area contributed by atoms with Crippen LogP contribution in [0.5, 0.6) is 0 Å². The van der Waals surface area contributed by atoms with Crippen LogP contribution in [0.25, 0.3) is 21.7 Å². The number of aromatic carboxylic acids is 1. The van der Waals surface area contributed by atoms with Gasteiger partial charge in [-0.15, -0.1) is 0 Å². The van der Waals surface area contributed by atoms with Gasteiger partial charge in [-0.3, -0.25) is 0 Å². The Labute approximate surface area is 198 Å². The predicted molar refractivity (Wildman–Crippen MR) is 132 cm³/mol. The Bertz CT molecular complexity index is 1160. The van der Waals surface area contributed by atoms with Crippen LogP contribution in [-0.4, -0.2) is 17.0 Å². The molecule has 0 saturated heterocycles. The van der Waals surface area contributed by atoms with Gasteiger partial charge in [-0.2, -0.15) is 0 Å². The van der Waals surface area contributed by atoms with E-state index in [1.54, 1.807) is 23.5 Å². The van der Waals surface area contributed by atoms with Gasteiger partial charge >= 0.3 is 0 Å². The zero-order valence-electron chi connectivity index (χ0n) is 18.3. The van der Waals surface area contributed by atoms with E-state index in [0.717, 1.165) is 34.8 Å². The molecule has 33 heavy (non-hydrogen) atoms. The number of rotatable bonds is 7. The van der Waals surface area contributed by atoms with Crippen molar-refractivity contribution in [2.45, 2.75) is 38.3 Å². The molecule has 1 fully saturated rings. The van der Waals surface area contributed by atoms with Gasteiger partial charge in [0, 0.05) is 18.2 Å². The highest BCUT2D eigenvalue weighted by molar-refractivity contribution is 7.19. The molecule has 0 bridgehead atoms. The van der Waals surface area contributed by atoms with E-state index in [4.69, 9.17) is 4.98 Å². The Balaban J connectivity index is 1.56. The third kappa shape index (κ3) is 4.69. The maximum absolute atomic E-state index is 11.1. The molecule has 1 aromatic heterocycles. The molecule has 0 atom stereocenters. The van der Waals surface area contributed by atoms with Crippen molar-refractivity contribution in [2.24, 2.45) is 0 Å². The van der Waals surface area contributed by atoms with E-state index in [0.29, 0.717) is 12.6 Å². The first-order valence-electron chi connectivity index (χ1n) is 11.4. The first-order chi connectivity index (χ1) is 16.2. The first-order valence-corrected chi connectivity index (χ1v) is 12.2. The van der Waals surface area contributed by atoms with Crippen molar-refractivity contribution in [1.29, 1.82) is 0 Å². The highest BCUT2D eigenvalue weighted by Crippen LogP contribution is 2.42. The number of aromatic nitrogens is 1. The van der Waals surface area contributed by atoms with E-state index in [1.807, 2.05) is 24.3 Å². The van der Waals surface area contributed by atoms with Crippen LogP contribution < -0.4 is 10.0 Å². The van der Waals surface area contributed by atoms with Gasteiger partial charge in [0.15, 0.2) is 5.13 Å². The monoisotopic (exact) mass is 453 g/mol. The topological polar surface area (TPSA) is 56.3 Å². The normalized spacial score (nSPS) is 13.8.